The van der Waals surface area contributed by atoms with Crippen LogP contribution in [0.15, 0.2) is 72.8 Å². The molecule has 0 radical (unpaired) electrons. The van der Waals surface area contributed by atoms with Crippen LogP contribution in [0, 0.1) is 12.7 Å². The van der Waals surface area contributed by atoms with Crippen LogP contribution < -0.4 is 5.32 Å². The number of carbonyl (C=O) groups excluding carboxylic acids is 2. The van der Waals surface area contributed by atoms with E-state index in [-0.39, 0.29) is 24.8 Å². The number of halogens is 1. The van der Waals surface area contributed by atoms with E-state index in [2.05, 4.69) is 5.32 Å². The summed E-state index contributed by atoms with van der Waals surface area (Å²) in [6.45, 7) is 1.87. The quantitative estimate of drug-likeness (QED) is 0.729. The van der Waals surface area contributed by atoms with Gasteiger partial charge in [0.05, 0.1) is 12.5 Å². The van der Waals surface area contributed by atoms with Gasteiger partial charge in [0, 0.05) is 11.3 Å². The van der Waals surface area contributed by atoms with E-state index in [9.17, 15) is 14.0 Å². The second kappa shape index (κ2) is 7.87. The SMILES string of the molecule is Cc1cccc(CC(=O)N2CC(=O)Nc3ccc(F)cc3[C@@H]2c2ccccc2)c1. The van der Waals surface area contributed by atoms with Gasteiger partial charge in [0.1, 0.15) is 12.4 Å². The summed E-state index contributed by atoms with van der Waals surface area (Å²) in [4.78, 5) is 27.4. The molecule has 1 heterocycles. The van der Waals surface area contributed by atoms with Gasteiger partial charge in [-0.3, -0.25) is 9.59 Å². The fourth-order valence-corrected chi connectivity index (χ4v) is 3.80. The van der Waals surface area contributed by atoms with E-state index in [1.54, 1.807) is 6.07 Å². The van der Waals surface area contributed by atoms with Gasteiger partial charge in [0.2, 0.25) is 11.8 Å². The first-order valence-corrected chi connectivity index (χ1v) is 9.50. The number of aryl methyl sites for hydroxylation is 1. The number of anilines is 1. The van der Waals surface area contributed by atoms with E-state index in [0.29, 0.717) is 11.3 Å². The van der Waals surface area contributed by atoms with Gasteiger partial charge in [-0.25, -0.2) is 4.39 Å². The standard InChI is InChI=1S/C24H21FN2O2/c1-16-6-5-7-17(12-16)13-23(29)27-15-22(28)26-21-11-10-19(25)14-20(21)24(27)18-8-3-2-4-9-18/h2-12,14,24H,13,15H2,1H3,(H,26,28)/t24-/m0/s1. The van der Waals surface area contributed by atoms with Crippen LogP contribution in [0.1, 0.15) is 28.3 Å². The topological polar surface area (TPSA) is 49.4 Å². The molecule has 3 aromatic rings. The van der Waals surface area contributed by atoms with E-state index < -0.39 is 11.9 Å². The molecule has 29 heavy (non-hydrogen) atoms. The predicted molar refractivity (Wildman–Crippen MR) is 110 cm³/mol. The molecule has 0 saturated heterocycles. The van der Waals surface area contributed by atoms with Gasteiger partial charge in [-0.1, -0.05) is 60.2 Å². The van der Waals surface area contributed by atoms with E-state index in [4.69, 9.17) is 0 Å². The Hall–Kier alpha value is -3.47. The van der Waals surface area contributed by atoms with Crippen molar-refractivity contribution < 1.29 is 14.0 Å². The van der Waals surface area contributed by atoms with Gasteiger partial charge in [0.25, 0.3) is 0 Å². The maximum atomic E-state index is 14.1. The molecule has 5 heteroatoms. The van der Waals surface area contributed by atoms with Crippen molar-refractivity contribution in [3.05, 3.63) is 101 Å². The van der Waals surface area contributed by atoms with Gasteiger partial charge in [-0.15, -0.1) is 0 Å². The smallest absolute Gasteiger partial charge is 0.244 e. The summed E-state index contributed by atoms with van der Waals surface area (Å²) < 4.78 is 14.1. The van der Waals surface area contributed by atoms with Crippen LogP contribution in [0.2, 0.25) is 0 Å². The van der Waals surface area contributed by atoms with Crippen LogP contribution >= 0.6 is 0 Å². The normalized spacial score (nSPS) is 16.0. The molecule has 0 fully saturated rings. The number of nitrogens with zero attached hydrogens (tertiary/aromatic N) is 1. The number of rotatable bonds is 3. The van der Waals surface area contributed by atoms with Crippen molar-refractivity contribution in [2.24, 2.45) is 0 Å². The van der Waals surface area contributed by atoms with Crippen LogP contribution in [-0.2, 0) is 16.0 Å². The molecule has 1 aliphatic heterocycles. The van der Waals surface area contributed by atoms with Crippen molar-refractivity contribution in [2.45, 2.75) is 19.4 Å². The summed E-state index contributed by atoms with van der Waals surface area (Å²) in [5.41, 5.74) is 3.87. The zero-order valence-corrected chi connectivity index (χ0v) is 16.1. The van der Waals surface area contributed by atoms with Gasteiger partial charge in [-0.05, 0) is 36.2 Å². The summed E-state index contributed by atoms with van der Waals surface area (Å²) in [6, 6.07) is 20.8. The van der Waals surface area contributed by atoms with E-state index in [1.165, 1.54) is 17.0 Å². The van der Waals surface area contributed by atoms with Gasteiger partial charge in [-0.2, -0.15) is 0 Å². The second-order valence-electron chi connectivity index (χ2n) is 7.28. The van der Waals surface area contributed by atoms with Crippen molar-refractivity contribution in [1.82, 2.24) is 4.90 Å². The lowest BCUT2D eigenvalue weighted by Gasteiger charge is -2.30. The average Bonchev–Trinajstić information content (AvgIpc) is 2.84. The zero-order chi connectivity index (χ0) is 20.4. The molecule has 1 N–H and O–H groups in total. The average molecular weight is 388 g/mol. The Morgan fingerprint density at radius 3 is 2.62 bits per heavy atom. The highest BCUT2D eigenvalue weighted by Gasteiger charge is 2.33. The Labute approximate surface area is 169 Å². The highest BCUT2D eigenvalue weighted by molar-refractivity contribution is 5.97. The van der Waals surface area contributed by atoms with Gasteiger partial charge >= 0.3 is 0 Å². The summed E-state index contributed by atoms with van der Waals surface area (Å²) in [7, 11) is 0. The van der Waals surface area contributed by atoms with Crippen LogP contribution in [0.5, 0.6) is 0 Å². The van der Waals surface area contributed by atoms with Gasteiger partial charge < -0.3 is 10.2 Å². The van der Waals surface area contributed by atoms with E-state index in [0.717, 1.165) is 16.7 Å². The lowest BCUT2D eigenvalue weighted by atomic mass is 9.95. The molecule has 0 aromatic heterocycles. The monoisotopic (exact) mass is 388 g/mol. The second-order valence-corrected chi connectivity index (χ2v) is 7.28. The third kappa shape index (κ3) is 4.04. The predicted octanol–water partition coefficient (Wildman–Crippen LogP) is 4.25. The Kier molecular flexibility index (Phi) is 5.12. The number of benzene rings is 3. The first kappa shape index (κ1) is 18.9. The van der Waals surface area contributed by atoms with Crippen LogP contribution in [0.4, 0.5) is 10.1 Å². The molecule has 3 aromatic carbocycles. The molecule has 4 rings (SSSR count). The van der Waals surface area contributed by atoms with Crippen LogP contribution in [-0.4, -0.2) is 23.3 Å². The first-order valence-electron chi connectivity index (χ1n) is 9.50. The van der Waals surface area contributed by atoms with Crippen molar-refractivity contribution >= 4 is 17.5 Å². The lowest BCUT2D eigenvalue weighted by molar-refractivity contribution is -0.135. The third-order valence-corrected chi connectivity index (χ3v) is 5.08. The molecular weight excluding hydrogens is 367 g/mol. The minimum absolute atomic E-state index is 0.0967. The molecule has 4 nitrogen and oxygen atoms in total. The number of hydrogen-bond donors (Lipinski definition) is 1. The Morgan fingerprint density at radius 1 is 1.07 bits per heavy atom. The molecule has 0 aliphatic carbocycles. The number of hydrogen-bond acceptors (Lipinski definition) is 2. The summed E-state index contributed by atoms with van der Waals surface area (Å²) in [5, 5.41) is 2.81. The largest absolute Gasteiger partial charge is 0.324 e. The molecule has 2 amide bonds. The van der Waals surface area contributed by atoms with Crippen molar-refractivity contribution in [2.75, 3.05) is 11.9 Å². The van der Waals surface area contributed by atoms with Crippen LogP contribution in [0.3, 0.4) is 0 Å². The molecule has 0 saturated carbocycles. The fraction of sp³-hybridized carbons (Fsp3) is 0.167. The Morgan fingerprint density at radius 2 is 1.86 bits per heavy atom. The molecule has 0 spiro atoms. The van der Waals surface area contributed by atoms with Crippen molar-refractivity contribution in [1.29, 1.82) is 0 Å². The van der Waals surface area contributed by atoms with Gasteiger partial charge in [0.15, 0.2) is 0 Å². The fourth-order valence-electron chi connectivity index (χ4n) is 3.80. The lowest BCUT2D eigenvalue weighted by Crippen LogP contribution is -2.39. The Balaban J connectivity index is 1.79. The maximum absolute atomic E-state index is 14.1. The van der Waals surface area contributed by atoms with Crippen LogP contribution in [0.25, 0.3) is 0 Å². The minimum Gasteiger partial charge on any atom is -0.324 e. The molecule has 0 bridgehead atoms. The maximum Gasteiger partial charge on any atom is 0.244 e. The van der Waals surface area contributed by atoms with Crippen molar-refractivity contribution in [3.63, 3.8) is 0 Å². The third-order valence-electron chi connectivity index (χ3n) is 5.08. The van der Waals surface area contributed by atoms with Crippen molar-refractivity contribution in [3.8, 4) is 0 Å². The molecule has 1 aliphatic rings. The summed E-state index contributed by atoms with van der Waals surface area (Å²) >= 11 is 0. The number of nitrogens with one attached hydrogen (secondary N) is 1. The molecular formula is C24H21FN2O2. The zero-order valence-electron chi connectivity index (χ0n) is 16.1. The number of fused-ring (bicyclic) bond motifs is 1. The summed E-state index contributed by atoms with van der Waals surface area (Å²) in [6.07, 6.45) is 0.170. The van der Waals surface area contributed by atoms with E-state index >= 15 is 0 Å². The highest BCUT2D eigenvalue weighted by Crippen LogP contribution is 2.36. The number of amides is 2. The Bertz CT molecular complexity index is 1070. The van der Waals surface area contributed by atoms with E-state index in [1.807, 2.05) is 61.5 Å². The molecule has 1 atom stereocenters. The summed E-state index contributed by atoms with van der Waals surface area (Å²) in [5.74, 6) is -0.891. The highest BCUT2D eigenvalue weighted by atomic mass is 19.1. The number of carbonyl (C=O) groups is 2. The molecule has 146 valence electrons. The minimum atomic E-state index is -0.557. The first-order chi connectivity index (χ1) is 14.0. The molecule has 0 unspecified atom stereocenters.